The van der Waals surface area contributed by atoms with E-state index in [1.54, 1.807) is 22.6 Å². The molecule has 100 valence electrons. The van der Waals surface area contributed by atoms with Crippen LogP contribution in [-0.2, 0) is 11.8 Å². The van der Waals surface area contributed by atoms with E-state index in [-0.39, 0.29) is 5.82 Å². The van der Waals surface area contributed by atoms with E-state index in [2.05, 4.69) is 4.98 Å². The molecule has 0 aliphatic carbocycles. The molecule has 1 aliphatic heterocycles. The van der Waals surface area contributed by atoms with Crippen LogP contribution in [0.25, 0.3) is 11.0 Å². The Kier molecular flexibility index (Phi) is 2.66. The number of hydrogen-bond acceptors (Lipinski definition) is 3. The first-order chi connectivity index (χ1) is 9.08. The van der Waals surface area contributed by atoms with E-state index in [0.29, 0.717) is 29.9 Å². The van der Waals surface area contributed by atoms with Crippen molar-refractivity contribution < 1.29 is 14.3 Å². The number of nitrogens with zero attached hydrogens (tertiary/aromatic N) is 3. The summed E-state index contributed by atoms with van der Waals surface area (Å²) in [5.74, 6) is -0.570. The van der Waals surface area contributed by atoms with E-state index in [1.165, 1.54) is 12.1 Å². The summed E-state index contributed by atoms with van der Waals surface area (Å²) in [5.41, 5.74) is 1.35. The van der Waals surface area contributed by atoms with Crippen molar-refractivity contribution in [2.45, 2.75) is 18.9 Å². The molecule has 2 heterocycles. The van der Waals surface area contributed by atoms with Gasteiger partial charge in [-0.25, -0.2) is 14.2 Å². The van der Waals surface area contributed by atoms with Crippen LogP contribution in [0.2, 0.25) is 0 Å². The van der Waals surface area contributed by atoms with Crippen molar-refractivity contribution in [2.24, 2.45) is 7.05 Å². The predicted molar refractivity (Wildman–Crippen MR) is 68.7 cm³/mol. The molecule has 5 nitrogen and oxygen atoms in total. The second-order valence-electron chi connectivity index (χ2n) is 4.79. The van der Waals surface area contributed by atoms with Crippen molar-refractivity contribution >= 4 is 23.0 Å². The third-order valence-electron chi connectivity index (χ3n) is 3.61. The second kappa shape index (κ2) is 4.22. The summed E-state index contributed by atoms with van der Waals surface area (Å²) in [5, 5.41) is 9.22. The SMILES string of the molecule is Cn1c(N2CCCC2C(=O)O)nc2ccc(F)cc21. The zero-order chi connectivity index (χ0) is 13.6. The molecule has 3 rings (SSSR count). The third-order valence-corrected chi connectivity index (χ3v) is 3.61. The van der Waals surface area contributed by atoms with Gasteiger partial charge in [0, 0.05) is 13.6 Å². The maximum absolute atomic E-state index is 13.3. The molecular weight excluding hydrogens is 249 g/mol. The highest BCUT2D eigenvalue weighted by Crippen LogP contribution is 2.28. The van der Waals surface area contributed by atoms with Gasteiger partial charge in [-0.1, -0.05) is 0 Å². The smallest absolute Gasteiger partial charge is 0.326 e. The molecule has 6 heteroatoms. The maximum atomic E-state index is 13.3. The van der Waals surface area contributed by atoms with Crippen molar-refractivity contribution in [3.8, 4) is 0 Å². The molecule has 1 aromatic carbocycles. The molecule has 1 aromatic heterocycles. The summed E-state index contributed by atoms with van der Waals surface area (Å²) < 4.78 is 15.0. The van der Waals surface area contributed by atoms with Gasteiger partial charge in [-0.3, -0.25) is 0 Å². The molecule has 0 amide bonds. The molecule has 0 bridgehead atoms. The first-order valence-corrected chi connectivity index (χ1v) is 6.19. The largest absolute Gasteiger partial charge is 0.480 e. The van der Waals surface area contributed by atoms with E-state index in [9.17, 15) is 14.3 Å². The van der Waals surface area contributed by atoms with Crippen molar-refractivity contribution in [3.63, 3.8) is 0 Å². The minimum atomic E-state index is -0.837. The molecule has 0 spiro atoms. The molecule has 2 aromatic rings. The van der Waals surface area contributed by atoms with E-state index < -0.39 is 12.0 Å². The van der Waals surface area contributed by atoms with Crippen LogP contribution in [0, 0.1) is 5.82 Å². The summed E-state index contributed by atoms with van der Waals surface area (Å²) in [6.45, 7) is 0.663. The third kappa shape index (κ3) is 1.83. The highest BCUT2D eigenvalue weighted by atomic mass is 19.1. The number of carboxylic acids is 1. The molecule has 1 N–H and O–H groups in total. The Bertz CT molecular complexity index is 653. The zero-order valence-electron chi connectivity index (χ0n) is 10.5. The highest BCUT2D eigenvalue weighted by molar-refractivity contribution is 5.82. The number of anilines is 1. The van der Waals surface area contributed by atoms with Gasteiger partial charge in [-0.15, -0.1) is 0 Å². The molecule has 0 saturated carbocycles. The Morgan fingerprint density at radius 3 is 3.05 bits per heavy atom. The maximum Gasteiger partial charge on any atom is 0.326 e. The number of benzene rings is 1. The Morgan fingerprint density at radius 1 is 1.53 bits per heavy atom. The summed E-state index contributed by atoms with van der Waals surface area (Å²) >= 11 is 0. The van der Waals surface area contributed by atoms with Crippen molar-refractivity contribution in [1.29, 1.82) is 0 Å². The lowest BCUT2D eigenvalue weighted by atomic mass is 10.2. The van der Waals surface area contributed by atoms with Crippen molar-refractivity contribution in [3.05, 3.63) is 24.0 Å². The molecule has 0 radical (unpaired) electrons. The van der Waals surface area contributed by atoms with E-state index in [0.717, 1.165) is 6.42 Å². The standard InChI is InChI=1S/C13H14FN3O2/c1-16-11-7-8(14)4-5-9(11)15-13(16)17-6-2-3-10(17)12(18)19/h4-5,7,10H,2-3,6H2,1H3,(H,18,19). The van der Waals surface area contributed by atoms with Crippen LogP contribution in [0.4, 0.5) is 10.3 Å². The average Bonchev–Trinajstić information content (AvgIpc) is 2.95. The molecular formula is C13H14FN3O2. The number of fused-ring (bicyclic) bond motifs is 1. The van der Waals surface area contributed by atoms with Crippen LogP contribution >= 0.6 is 0 Å². The van der Waals surface area contributed by atoms with Crippen LogP contribution < -0.4 is 4.90 Å². The van der Waals surface area contributed by atoms with Gasteiger partial charge in [0.1, 0.15) is 11.9 Å². The minimum Gasteiger partial charge on any atom is -0.480 e. The van der Waals surface area contributed by atoms with Gasteiger partial charge >= 0.3 is 5.97 Å². The number of halogens is 1. The molecule has 1 aliphatic rings. The summed E-state index contributed by atoms with van der Waals surface area (Å²) in [6.07, 6.45) is 1.45. The predicted octanol–water partition coefficient (Wildman–Crippen LogP) is 1.77. The summed E-state index contributed by atoms with van der Waals surface area (Å²) in [6, 6.07) is 3.84. The lowest BCUT2D eigenvalue weighted by molar-refractivity contribution is -0.138. The van der Waals surface area contributed by atoms with Gasteiger partial charge in [0.05, 0.1) is 11.0 Å². The number of aryl methyl sites for hydroxylation is 1. The normalized spacial score (nSPS) is 19.3. The Hall–Kier alpha value is -2.11. The van der Waals surface area contributed by atoms with Gasteiger partial charge in [-0.05, 0) is 31.0 Å². The molecule has 1 unspecified atom stereocenters. The minimum absolute atomic E-state index is 0.321. The number of imidazole rings is 1. The number of rotatable bonds is 2. The van der Waals surface area contributed by atoms with Crippen LogP contribution in [0.5, 0.6) is 0 Å². The zero-order valence-corrected chi connectivity index (χ0v) is 10.5. The van der Waals surface area contributed by atoms with E-state index in [1.807, 2.05) is 0 Å². The Labute approximate surface area is 109 Å². The van der Waals surface area contributed by atoms with Crippen LogP contribution in [0.1, 0.15) is 12.8 Å². The van der Waals surface area contributed by atoms with E-state index in [4.69, 9.17) is 0 Å². The van der Waals surface area contributed by atoms with Gasteiger partial charge in [-0.2, -0.15) is 0 Å². The van der Waals surface area contributed by atoms with Gasteiger partial charge in [0.15, 0.2) is 0 Å². The average molecular weight is 263 g/mol. The van der Waals surface area contributed by atoms with Crippen molar-refractivity contribution in [1.82, 2.24) is 9.55 Å². The van der Waals surface area contributed by atoms with Crippen LogP contribution in [-0.4, -0.2) is 33.2 Å². The number of carbonyl (C=O) groups is 1. The first-order valence-electron chi connectivity index (χ1n) is 6.19. The fourth-order valence-corrected chi connectivity index (χ4v) is 2.67. The molecule has 1 fully saturated rings. The van der Waals surface area contributed by atoms with Gasteiger partial charge in [0.25, 0.3) is 0 Å². The summed E-state index contributed by atoms with van der Waals surface area (Å²) in [4.78, 5) is 17.4. The monoisotopic (exact) mass is 263 g/mol. The Morgan fingerprint density at radius 2 is 2.32 bits per heavy atom. The lowest BCUT2D eigenvalue weighted by Gasteiger charge is -2.22. The van der Waals surface area contributed by atoms with E-state index >= 15 is 0 Å². The topological polar surface area (TPSA) is 58.4 Å². The second-order valence-corrected chi connectivity index (χ2v) is 4.79. The molecule has 1 saturated heterocycles. The van der Waals surface area contributed by atoms with Gasteiger partial charge in [0.2, 0.25) is 5.95 Å². The summed E-state index contributed by atoms with van der Waals surface area (Å²) in [7, 11) is 1.78. The van der Waals surface area contributed by atoms with Crippen LogP contribution in [0.3, 0.4) is 0 Å². The number of hydrogen-bond donors (Lipinski definition) is 1. The fraction of sp³-hybridized carbons (Fsp3) is 0.385. The van der Waals surface area contributed by atoms with Crippen molar-refractivity contribution in [2.75, 3.05) is 11.4 Å². The number of aliphatic carboxylic acids is 1. The lowest BCUT2D eigenvalue weighted by Crippen LogP contribution is -2.37. The Balaban J connectivity index is 2.10. The van der Waals surface area contributed by atoms with Crippen LogP contribution in [0.15, 0.2) is 18.2 Å². The first kappa shape index (κ1) is 12.0. The van der Waals surface area contributed by atoms with Gasteiger partial charge < -0.3 is 14.6 Å². The fourth-order valence-electron chi connectivity index (χ4n) is 2.67. The quantitative estimate of drug-likeness (QED) is 0.897. The number of aromatic nitrogens is 2. The highest BCUT2D eigenvalue weighted by Gasteiger charge is 2.33. The molecule has 19 heavy (non-hydrogen) atoms. The molecule has 1 atom stereocenters. The number of carboxylic acid groups (broad SMARTS) is 1.